The molecule has 76 valence electrons. The predicted octanol–water partition coefficient (Wildman–Crippen LogP) is 0.264. The highest BCUT2D eigenvalue weighted by atomic mass is 32.1. The second kappa shape index (κ2) is 4.02. The van der Waals surface area contributed by atoms with Crippen molar-refractivity contribution in [2.24, 2.45) is 5.73 Å². The number of hydrogen-bond acceptors (Lipinski definition) is 4. The third-order valence-electron chi connectivity index (χ3n) is 2.24. The Hall–Kier alpha value is -1.01. The van der Waals surface area contributed by atoms with Crippen molar-refractivity contribution in [1.82, 2.24) is 14.8 Å². The summed E-state index contributed by atoms with van der Waals surface area (Å²) in [6.07, 6.45) is 3.79. The molecule has 1 aliphatic heterocycles. The normalized spacial score (nSPS) is 22.1. The van der Waals surface area contributed by atoms with E-state index >= 15 is 0 Å². The fourth-order valence-electron chi connectivity index (χ4n) is 1.50. The van der Waals surface area contributed by atoms with Crippen molar-refractivity contribution in [3.05, 3.63) is 12.2 Å². The van der Waals surface area contributed by atoms with Crippen molar-refractivity contribution in [2.75, 3.05) is 13.2 Å². The van der Waals surface area contributed by atoms with Crippen LogP contribution < -0.4 is 5.73 Å². The maximum absolute atomic E-state index is 5.42. The van der Waals surface area contributed by atoms with Crippen LogP contribution in [0.15, 0.2) is 6.33 Å². The van der Waals surface area contributed by atoms with Crippen LogP contribution in [0.3, 0.4) is 0 Å². The van der Waals surface area contributed by atoms with Crippen molar-refractivity contribution >= 4 is 17.2 Å². The highest BCUT2D eigenvalue weighted by molar-refractivity contribution is 7.80. The van der Waals surface area contributed by atoms with Gasteiger partial charge >= 0.3 is 0 Å². The van der Waals surface area contributed by atoms with E-state index in [2.05, 4.69) is 10.1 Å². The molecule has 0 spiro atoms. The molecular weight excluding hydrogens is 200 g/mol. The quantitative estimate of drug-likeness (QED) is 0.712. The molecule has 1 atom stereocenters. The van der Waals surface area contributed by atoms with Gasteiger partial charge < -0.3 is 10.5 Å². The molecule has 2 heterocycles. The molecule has 1 aromatic heterocycles. The van der Waals surface area contributed by atoms with Gasteiger partial charge in [-0.3, -0.25) is 0 Å². The molecule has 1 aromatic rings. The summed E-state index contributed by atoms with van der Waals surface area (Å²) in [5.74, 6) is 0.436. The highest BCUT2D eigenvalue weighted by Crippen LogP contribution is 2.17. The Morgan fingerprint density at radius 2 is 2.57 bits per heavy atom. The van der Waals surface area contributed by atoms with Gasteiger partial charge in [0.15, 0.2) is 0 Å². The lowest BCUT2D eigenvalue weighted by molar-refractivity contribution is 0.0548. The Morgan fingerprint density at radius 3 is 3.14 bits per heavy atom. The Bertz CT molecular complexity index is 332. The van der Waals surface area contributed by atoms with Gasteiger partial charge in [0.2, 0.25) is 5.82 Å². The van der Waals surface area contributed by atoms with Gasteiger partial charge in [0, 0.05) is 6.61 Å². The van der Waals surface area contributed by atoms with E-state index in [1.54, 1.807) is 11.0 Å². The van der Waals surface area contributed by atoms with Gasteiger partial charge in [0.1, 0.15) is 11.3 Å². The molecule has 0 bridgehead atoms. The Morgan fingerprint density at radius 1 is 1.71 bits per heavy atom. The SMILES string of the molecule is NC(=S)c1ncn(C2CCCOC2)n1. The number of hydrogen-bond donors (Lipinski definition) is 1. The molecule has 14 heavy (non-hydrogen) atoms. The first-order valence-corrected chi connectivity index (χ1v) is 4.97. The summed E-state index contributed by atoms with van der Waals surface area (Å²) in [4.78, 5) is 4.26. The fraction of sp³-hybridized carbons (Fsp3) is 0.625. The smallest absolute Gasteiger partial charge is 0.208 e. The van der Waals surface area contributed by atoms with Crippen molar-refractivity contribution in [3.8, 4) is 0 Å². The molecule has 0 saturated carbocycles. The van der Waals surface area contributed by atoms with Crippen LogP contribution in [0.4, 0.5) is 0 Å². The first-order valence-electron chi connectivity index (χ1n) is 4.56. The number of rotatable bonds is 2. The third-order valence-corrected chi connectivity index (χ3v) is 2.42. The van der Waals surface area contributed by atoms with Gasteiger partial charge in [0.25, 0.3) is 0 Å². The monoisotopic (exact) mass is 212 g/mol. The first kappa shape index (κ1) is 9.54. The van der Waals surface area contributed by atoms with Gasteiger partial charge in [-0.25, -0.2) is 9.67 Å². The lowest BCUT2D eigenvalue weighted by Gasteiger charge is -2.21. The first-order chi connectivity index (χ1) is 6.77. The summed E-state index contributed by atoms with van der Waals surface area (Å²) >= 11 is 4.78. The van der Waals surface area contributed by atoms with Crippen LogP contribution in [0, 0.1) is 0 Å². The van der Waals surface area contributed by atoms with E-state index in [4.69, 9.17) is 22.7 Å². The van der Waals surface area contributed by atoms with E-state index in [1.807, 2.05) is 0 Å². The minimum atomic E-state index is 0.237. The molecule has 1 fully saturated rings. The van der Waals surface area contributed by atoms with Gasteiger partial charge in [0.05, 0.1) is 12.6 Å². The minimum absolute atomic E-state index is 0.237. The summed E-state index contributed by atoms with van der Waals surface area (Å²) in [5, 5.41) is 4.19. The lowest BCUT2D eigenvalue weighted by Crippen LogP contribution is -2.22. The van der Waals surface area contributed by atoms with E-state index < -0.39 is 0 Å². The Kier molecular flexibility index (Phi) is 2.74. The van der Waals surface area contributed by atoms with Crippen LogP contribution in [0.1, 0.15) is 24.7 Å². The van der Waals surface area contributed by atoms with E-state index in [0.717, 1.165) is 19.4 Å². The van der Waals surface area contributed by atoms with Crippen molar-refractivity contribution in [1.29, 1.82) is 0 Å². The molecule has 1 saturated heterocycles. The van der Waals surface area contributed by atoms with Gasteiger partial charge in [-0.2, -0.15) is 0 Å². The number of nitrogens with two attached hydrogens (primary N) is 1. The molecule has 6 heteroatoms. The predicted molar refractivity (Wildman–Crippen MR) is 55.0 cm³/mol. The molecular formula is C8H12N4OS. The summed E-state index contributed by atoms with van der Waals surface area (Å²) in [6.45, 7) is 1.54. The average molecular weight is 212 g/mol. The van der Waals surface area contributed by atoms with Gasteiger partial charge in [-0.1, -0.05) is 12.2 Å². The second-order valence-corrected chi connectivity index (χ2v) is 3.72. The van der Waals surface area contributed by atoms with Crippen molar-refractivity contribution in [2.45, 2.75) is 18.9 Å². The highest BCUT2D eigenvalue weighted by Gasteiger charge is 2.17. The standard InChI is InChI=1S/C8H12N4OS/c9-7(14)8-10-5-12(11-8)6-2-1-3-13-4-6/h5-6H,1-4H2,(H2,9,14). The summed E-state index contributed by atoms with van der Waals surface area (Å²) in [5.41, 5.74) is 5.42. The maximum Gasteiger partial charge on any atom is 0.208 e. The molecule has 1 unspecified atom stereocenters. The molecule has 2 rings (SSSR count). The molecule has 0 aliphatic carbocycles. The van der Waals surface area contributed by atoms with E-state index in [-0.39, 0.29) is 11.0 Å². The van der Waals surface area contributed by atoms with Gasteiger partial charge in [-0.05, 0) is 12.8 Å². The second-order valence-electron chi connectivity index (χ2n) is 3.28. The van der Waals surface area contributed by atoms with Gasteiger partial charge in [-0.15, -0.1) is 5.10 Å². The van der Waals surface area contributed by atoms with E-state index in [0.29, 0.717) is 12.4 Å². The summed E-state index contributed by atoms with van der Waals surface area (Å²) in [6, 6.07) is 0.277. The summed E-state index contributed by atoms with van der Waals surface area (Å²) in [7, 11) is 0. The number of aromatic nitrogens is 3. The topological polar surface area (TPSA) is 66.0 Å². The largest absolute Gasteiger partial charge is 0.387 e. The molecule has 0 aromatic carbocycles. The zero-order valence-electron chi connectivity index (χ0n) is 7.72. The number of ether oxygens (including phenoxy) is 1. The molecule has 0 amide bonds. The van der Waals surface area contributed by atoms with Crippen LogP contribution in [-0.2, 0) is 4.74 Å². The molecule has 1 aliphatic rings. The Labute approximate surface area is 87.3 Å². The fourth-order valence-corrected chi connectivity index (χ4v) is 1.59. The maximum atomic E-state index is 5.42. The molecule has 2 N–H and O–H groups in total. The summed E-state index contributed by atoms with van der Waals surface area (Å²) < 4.78 is 7.14. The number of nitrogens with zero attached hydrogens (tertiary/aromatic N) is 3. The lowest BCUT2D eigenvalue weighted by atomic mass is 10.1. The van der Waals surface area contributed by atoms with Crippen molar-refractivity contribution in [3.63, 3.8) is 0 Å². The zero-order chi connectivity index (χ0) is 9.97. The van der Waals surface area contributed by atoms with Crippen LogP contribution in [0.25, 0.3) is 0 Å². The average Bonchev–Trinajstić information content (AvgIpc) is 2.68. The van der Waals surface area contributed by atoms with Crippen LogP contribution >= 0.6 is 12.2 Å². The molecule has 5 nitrogen and oxygen atoms in total. The minimum Gasteiger partial charge on any atom is -0.387 e. The van der Waals surface area contributed by atoms with E-state index in [1.165, 1.54) is 0 Å². The van der Waals surface area contributed by atoms with Crippen molar-refractivity contribution < 1.29 is 4.74 Å². The van der Waals surface area contributed by atoms with Crippen LogP contribution in [-0.4, -0.2) is 33.0 Å². The number of thiocarbonyl (C=S) groups is 1. The van der Waals surface area contributed by atoms with E-state index in [9.17, 15) is 0 Å². The zero-order valence-corrected chi connectivity index (χ0v) is 8.54. The third kappa shape index (κ3) is 1.91. The van der Waals surface area contributed by atoms with Crippen LogP contribution in [0.5, 0.6) is 0 Å². The Balaban J connectivity index is 2.11. The molecule has 0 radical (unpaired) electrons. The van der Waals surface area contributed by atoms with Crippen LogP contribution in [0.2, 0.25) is 0 Å².